The van der Waals surface area contributed by atoms with Gasteiger partial charge in [0, 0.05) is 29.4 Å². The predicted molar refractivity (Wildman–Crippen MR) is 67.8 cm³/mol. The van der Waals surface area contributed by atoms with Crippen LogP contribution in [0.25, 0.3) is 0 Å². The summed E-state index contributed by atoms with van der Waals surface area (Å²) in [5.41, 5.74) is 6.21. The lowest BCUT2D eigenvalue weighted by Gasteiger charge is -2.32. The van der Waals surface area contributed by atoms with Gasteiger partial charge >= 0.3 is 0 Å². The van der Waals surface area contributed by atoms with Gasteiger partial charge in [-0.25, -0.2) is 0 Å². The lowest BCUT2D eigenvalue weighted by Crippen LogP contribution is -2.44. The molecule has 2 N–H and O–H groups in total. The Morgan fingerprint density at radius 2 is 2.44 bits per heavy atom. The van der Waals surface area contributed by atoms with Gasteiger partial charge in [-0.15, -0.1) is 11.3 Å². The molecule has 2 unspecified atom stereocenters. The number of aryl methyl sites for hydroxylation is 1. The molecular formula is C12H20N2OS. The van der Waals surface area contributed by atoms with Crippen molar-refractivity contribution in [1.29, 1.82) is 0 Å². The van der Waals surface area contributed by atoms with Crippen LogP contribution in [0.5, 0.6) is 0 Å². The summed E-state index contributed by atoms with van der Waals surface area (Å²) < 4.78 is 5.52. The smallest absolute Gasteiger partial charge is 0.0674 e. The molecule has 0 saturated carbocycles. The fraction of sp³-hybridized carbons (Fsp3) is 0.667. The van der Waals surface area contributed by atoms with Gasteiger partial charge in [0.2, 0.25) is 0 Å². The lowest BCUT2D eigenvalue weighted by molar-refractivity contribution is -0.0198. The Bertz CT molecular complexity index is 340. The van der Waals surface area contributed by atoms with E-state index in [1.165, 1.54) is 9.75 Å². The molecule has 4 heteroatoms. The van der Waals surface area contributed by atoms with E-state index in [0.29, 0.717) is 6.10 Å². The van der Waals surface area contributed by atoms with Gasteiger partial charge < -0.3 is 10.5 Å². The number of rotatable bonds is 3. The molecule has 1 saturated heterocycles. The number of nitrogens with two attached hydrogens (primary N) is 1. The Labute approximate surface area is 101 Å². The Morgan fingerprint density at radius 3 is 3.06 bits per heavy atom. The van der Waals surface area contributed by atoms with Crippen LogP contribution in [0.4, 0.5) is 0 Å². The first-order valence-electron chi connectivity index (χ1n) is 5.81. The molecule has 1 aliphatic heterocycles. The Morgan fingerprint density at radius 1 is 1.62 bits per heavy atom. The molecule has 3 nitrogen and oxygen atoms in total. The SMILES string of the molecule is Cc1ccc(C(N)CN2CCOC(C)C2)s1. The topological polar surface area (TPSA) is 38.5 Å². The van der Waals surface area contributed by atoms with E-state index in [0.717, 1.165) is 26.2 Å². The highest BCUT2D eigenvalue weighted by molar-refractivity contribution is 7.12. The summed E-state index contributed by atoms with van der Waals surface area (Å²) in [6.45, 7) is 8.01. The molecule has 1 aliphatic rings. The molecular weight excluding hydrogens is 220 g/mol. The summed E-state index contributed by atoms with van der Waals surface area (Å²) in [5.74, 6) is 0. The van der Waals surface area contributed by atoms with Gasteiger partial charge in [-0.3, -0.25) is 4.90 Å². The summed E-state index contributed by atoms with van der Waals surface area (Å²) in [7, 11) is 0. The van der Waals surface area contributed by atoms with Crippen molar-refractivity contribution in [3.8, 4) is 0 Å². The Balaban J connectivity index is 1.89. The maximum Gasteiger partial charge on any atom is 0.0674 e. The van der Waals surface area contributed by atoms with Crippen LogP contribution in [-0.4, -0.2) is 37.2 Å². The molecule has 2 heterocycles. The van der Waals surface area contributed by atoms with Crippen LogP contribution in [0.2, 0.25) is 0 Å². The van der Waals surface area contributed by atoms with Crippen LogP contribution in [0.1, 0.15) is 22.7 Å². The molecule has 90 valence electrons. The van der Waals surface area contributed by atoms with Gasteiger partial charge in [0.1, 0.15) is 0 Å². The molecule has 2 rings (SSSR count). The van der Waals surface area contributed by atoms with Crippen molar-refractivity contribution in [2.75, 3.05) is 26.2 Å². The zero-order chi connectivity index (χ0) is 11.5. The van der Waals surface area contributed by atoms with Crippen LogP contribution in [-0.2, 0) is 4.74 Å². The molecule has 0 radical (unpaired) electrons. The van der Waals surface area contributed by atoms with Crippen molar-refractivity contribution >= 4 is 11.3 Å². The maximum atomic E-state index is 6.21. The zero-order valence-corrected chi connectivity index (χ0v) is 10.8. The molecule has 0 spiro atoms. The first-order valence-corrected chi connectivity index (χ1v) is 6.62. The molecule has 16 heavy (non-hydrogen) atoms. The lowest BCUT2D eigenvalue weighted by atomic mass is 10.2. The normalized spacial score (nSPS) is 24.6. The third-order valence-corrected chi connectivity index (χ3v) is 4.04. The average molecular weight is 240 g/mol. The summed E-state index contributed by atoms with van der Waals surface area (Å²) >= 11 is 1.80. The molecule has 1 fully saturated rings. The summed E-state index contributed by atoms with van der Waals surface area (Å²) in [4.78, 5) is 5.02. The minimum Gasteiger partial charge on any atom is -0.376 e. The zero-order valence-electron chi connectivity index (χ0n) is 9.98. The van der Waals surface area contributed by atoms with E-state index < -0.39 is 0 Å². The number of nitrogens with zero attached hydrogens (tertiary/aromatic N) is 1. The van der Waals surface area contributed by atoms with Gasteiger partial charge in [-0.05, 0) is 26.0 Å². The number of hydrogen-bond donors (Lipinski definition) is 1. The van der Waals surface area contributed by atoms with E-state index in [-0.39, 0.29) is 6.04 Å². The fourth-order valence-corrected chi connectivity index (χ4v) is 2.95. The van der Waals surface area contributed by atoms with E-state index in [1.54, 1.807) is 11.3 Å². The van der Waals surface area contributed by atoms with E-state index in [9.17, 15) is 0 Å². The van der Waals surface area contributed by atoms with Gasteiger partial charge in [0.25, 0.3) is 0 Å². The van der Waals surface area contributed by atoms with Gasteiger partial charge in [0.05, 0.1) is 18.8 Å². The van der Waals surface area contributed by atoms with Crippen LogP contribution >= 0.6 is 11.3 Å². The molecule has 1 aromatic rings. The minimum absolute atomic E-state index is 0.143. The number of morpholine rings is 1. The predicted octanol–water partition coefficient (Wildman–Crippen LogP) is 1.78. The quantitative estimate of drug-likeness (QED) is 0.875. The average Bonchev–Trinajstić information content (AvgIpc) is 2.65. The Kier molecular flexibility index (Phi) is 3.97. The van der Waals surface area contributed by atoms with Gasteiger partial charge in [-0.2, -0.15) is 0 Å². The molecule has 0 amide bonds. The highest BCUT2D eigenvalue weighted by Gasteiger charge is 2.19. The van der Waals surface area contributed by atoms with E-state index in [4.69, 9.17) is 10.5 Å². The number of thiophene rings is 1. The molecule has 0 bridgehead atoms. The Hall–Kier alpha value is -0.420. The molecule has 0 aromatic carbocycles. The first kappa shape index (κ1) is 12.0. The molecule has 1 aromatic heterocycles. The summed E-state index contributed by atoms with van der Waals surface area (Å²) in [6, 6.07) is 4.43. The first-order chi connectivity index (χ1) is 7.65. The third kappa shape index (κ3) is 3.04. The number of ether oxygens (including phenoxy) is 1. The maximum absolute atomic E-state index is 6.21. The minimum atomic E-state index is 0.143. The van der Waals surface area contributed by atoms with Gasteiger partial charge in [-0.1, -0.05) is 0 Å². The van der Waals surface area contributed by atoms with Crippen molar-refractivity contribution in [3.05, 3.63) is 21.9 Å². The monoisotopic (exact) mass is 240 g/mol. The van der Waals surface area contributed by atoms with Crippen LogP contribution in [0.15, 0.2) is 12.1 Å². The van der Waals surface area contributed by atoms with E-state index >= 15 is 0 Å². The van der Waals surface area contributed by atoms with Crippen molar-refractivity contribution in [2.45, 2.75) is 26.0 Å². The second-order valence-electron chi connectivity index (χ2n) is 4.50. The second kappa shape index (κ2) is 5.27. The highest BCUT2D eigenvalue weighted by atomic mass is 32.1. The van der Waals surface area contributed by atoms with E-state index in [1.807, 2.05) is 0 Å². The highest BCUT2D eigenvalue weighted by Crippen LogP contribution is 2.22. The molecule has 0 aliphatic carbocycles. The largest absolute Gasteiger partial charge is 0.376 e. The fourth-order valence-electron chi connectivity index (χ4n) is 2.08. The van der Waals surface area contributed by atoms with Crippen LogP contribution < -0.4 is 5.73 Å². The van der Waals surface area contributed by atoms with Gasteiger partial charge in [0.15, 0.2) is 0 Å². The molecule has 2 atom stereocenters. The van der Waals surface area contributed by atoms with E-state index in [2.05, 4.69) is 30.9 Å². The second-order valence-corrected chi connectivity index (χ2v) is 5.82. The van der Waals surface area contributed by atoms with Crippen molar-refractivity contribution in [2.24, 2.45) is 5.73 Å². The van der Waals surface area contributed by atoms with Crippen molar-refractivity contribution < 1.29 is 4.74 Å². The van der Waals surface area contributed by atoms with Crippen LogP contribution in [0.3, 0.4) is 0 Å². The standard InChI is InChI=1S/C12H20N2OS/c1-9-7-14(5-6-15-9)8-11(13)12-4-3-10(2)16-12/h3-4,9,11H,5-8,13H2,1-2H3. The summed E-state index contributed by atoms with van der Waals surface area (Å²) in [5, 5.41) is 0. The van der Waals surface area contributed by atoms with Crippen molar-refractivity contribution in [3.63, 3.8) is 0 Å². The van der Waals surface area contributed by atoms with Crippen LogP contribution in [0, 0.1) is 6.92 Å². The number of hydrogen-bond acceptors (Lipinski definition) is 4. The van der Waals surface area contributed by atoms with Crippen molar-refractivity contribution in [1.82, 2.24) is 4.90 Å². The summed E-state index contributed by atoms with van der Waals surface area (Å²) in [6.07, 6.45) is 0.339. The third-order valence-electron chi connectivity index (χ3n) is 2.91.